The highest BCUT2D eigenvalue weighted by atomic mass is 35.5. The number of benzene rings is 2. The third kappa shape index (κ3) is 7.61. The van der Waals surface area contributed by atoms with E-state index < -0.39 is 12.1 Å². The molecule has 0 aliphatic carbocycles. The fourth-order valence-corrected chi connectivity index (χ4v) is 3.24. The Hall–Kier alpha value is -2.48. The largest absolute Gasteiger partial charge is 0.508 e. The molecule has 0 unspecified atom stereocenters. The maximum Gasteiger partial charge on any atom is 0.344 e. The highest BCUT2D eigenvalue weighted by Gasteiger charge is 2.17. The second-order valence-electron chi connectivity index (χ2n) is 6.95. The fourth-order valence-electron chi connectivity index (χ4n) is 3.00. The van der Waals surface area contributed by atoms with Crippen LogP contribution in [0.15, 0.2) is 36.4 Å². The molecule has 0 aliphatic rings. The van der Waals surface area contributed by atoms with Crippen molar-refractivity contribution >= 4 is 17.6 Å². The molecule has 7 nitrogen and oxygen atoms in total. The Labute approximate surface area is 187 Å². The number of esters is 1. The maximum absolute atomic E-state index is 11.6. The lowest BCUT2D eigenvalue weighted by Crippen LogP contribution is -2.33. The van der Waals surface area contributed by atoms with Crippen LogP contribution in [-0.4, -0.2) is 48.6 Å². The number of phenols is 1. The van der Waals surface area contributed by atoms with E-state index in [1.807, 2.05) is 13.8 Å². The van der Waals surface area contributed by atoms with Crippen LogP contribution in [0.5, 0.6) is 17.2 Å². The quantitative estimate of drug-likeness (QED) is 0.424. The molecular formula is C23H30ClNO6. The molecule has 2 atom stereocenters. The number of aromatic hydroxyl groups is 1. The predicted molar refractivity (Wildman–Crippen MR) is 119 cm³/mol. The van der Waals surface area contributed by atoms with Crippen molar-refractivity contribution in [2.24, 2.45) is 0 Å². The van der Waals surface area contributed by atoms with Crippen LogP contribution in [0.3, 0.4) is 0 Å². The Bertz CT molecular complexity index is 843. The summed E-state index contributed by atoms with van der Waals surface area (Å²) in [6.07, 6.45) is -0.113. The molecule has 0 spiro atoms. The number of hydrogen-bond donors (Lipinski definition) is 3. The van der Waals surface area contributed by atoms with Crippen molar-refractivity contribution in [3.63, 3.8) is 0 Å². The normalized spacial score (nSPS) is 12.8. The Balaban J connectivity index is 1.98. The Morgan fingerprint density at radius 1 is 1.10 bits per heavy atom. The molecule has 0 heterocycles. The summed E-state index contributed by atoms with van der Waals surface area (Å²) in [5.41, 5.74) is 1.57. The van der Waals surface area contributed by atoms with E-state index in [9.17, 15) is 15.0 Å². The molecule has 2 aromatic carbocycles. The smallest absolute Gasteiger partial charge is 0.344 e. The molecule has 0 bridgehead atoms. The molecule has 0 aromatic heterocycles. The number of carbonyl (C=O) groups excluding carboxylic acids is 1. The lowest BCUT2D eigenvalue weighted by molar-refractivity contribution is -0.145. The lowest BCUT2D eigenvalue weighted by Gasteiger charge is -2.21. The monoisotopic (exact) mass is 451 g/mol. The van der Waals surface area contributed by atoms with Gasteiger partial charge in [0.2, 0.25) is 0 Å². The summed E-state index contributed by atoms with van der Waals surface area (Å²) in [4.78, 5) is 11.6. The summed E-state index contributed by atoms with van der Waals surface area (Å²) in [6.45, 7) is 6.54. The van der Waals surface area contributed by atoms with Gasteiger partial charge in [0, 0.05) is 17.1 Å². The van der Waals surface area contributed by atoms with Gasteiger partial charge in [-0.1, -0.05) is 23.7 Å². The van der Waals surface area contributed by atoms with Gasteiger partial charge in [-0.05, 0) is 63.1 Å². The molecule has 0 amide bonds. The van der Waals surface area contributed by atoms with Gasteiger partial charge < -0.3 is 29.7 Å². The summed E-state index contributed by atoms with van der Waals surface area (Å²) in [5, 5.41) is 23.6. The van der Waals surface area contributed by atoms with Crippen molar-refractivity contribution in [2.75, 3.05) is 26.4 Å². The molecule has 0 saturated carbocycles. The van der Waals surface area contributed by atoms with Crippen molar-refractivity contribution in [1.29, 1.82) is 0 Å². The van der Waals surface area contributed by atoms with Crippen molar-refractivity contribution in [3.8, 4) is 17.2 Å². The van der Waals surface area contributed by atoms with E-state index in [4.69, 9.17) is 25.8 Å². The van der Waals surface area contributed by atoms with Crippen molar-refractivity contribution in [3.05, 3.63) is 52.5 Å². The third-order valence-corrected chi connectivity index (χ3v) is 4.98. The van der Waals surface area contributed by atoms with E-state index in [0.717, 1.165) is 11.1 Å². The first-order valence-corrected chi connectivity index (χ1v) is 10.7. The topological polar surface area (TPSA) is 97.3 Å². The number of aliphatic hydroxyl groups is 1. The molecular weight excluding hydrogens is 422 g/mol. The van der Waals surface area contributed by atoms with Gasteiger partial charge in [-0.25, -0.2) is 4.79 Å². The summed E-state index contributed by atoms with van der Waals surface area (Å²) in [7, 11) is 0. The van der Waals surface area contributed by atoms with Gasteiger partial charge in [0.25, 0.3) is 0 Å². The van der Waals surface area contributed by atoms with Crippen LogP contribution < -0.4 is 14.8 Å². The first-order chi connectivity index (χ1) is 14.8. The maximum atomic E-state index is 11.6. The standard InChI is InChI=1S/C23H30ClNO6/c1-4-29-20-12-17(19(24)13-21(20)31-14-22(27)30-5-2)10-11-25-15(3)23(28)16-6-8-18(26)9-7-16/h6-9,12-13,15,23,25-26,28H,4-5,10-11,14H2,1-3H3/t15-,23+/m0/s1. The second-order valence-corrected chi connectivity index (χ2v) is 7.35. The summed E-state index contributed by atoms with van der Waals surface area (Å²) < 4.78 is 16.0. The van der Waals surface area contributed by atoms with Crippen LogP contribution >= 0.6 is 11.6 Å². The number of halogens is 1. The highest BCUT2D eigenvalue weighted by molar-refractivity contribution is 6.31. The fraction of sp³-hybridized carbons (Fsp3) is 0.435. The molecule has 0 aliphatic heterocycles. The number of rotatable bonds is 12. The van der Waals surface area contributed by atoms with Crippen LogP contribution in [0, 0.1) is 0 Å². The number of hydrogen-bond acceptors (Lipinski definition) is 7. The summed E-state index contributed by atoms with van der Waals surface area (Å²) in [5.74, 6) is 0.581. The average molecular weight is 452 g/mol. The molecule has 0 saturated heterocycles. The highest BCUT2D eigenvalue weighted by Crippen LogP contribution is 2.34. The van der Waals surface area contributed by atoms with E-state index >= 15 is 0 Å². The van der Waals surface area contributed by atoms with E-state index in [2.05, 4.69) is 5.32 Å². The van der Waals surface area contributed by atoms with Gasteiger partial charge in [0.05, 0.1) is 19.3 Å². The SMILES string of the molecule is CCOC(=O)COc1cc(Cl)c(CCN[C@@H](C)[C@@H](O)c2ccc(O)cc2)cc1OCC. The summed E-state index contributed by atoms with van der Waals surface area (Å²) in [6, 6.07) is 9.71. The first-order valence-electron chi connectivity index (χ1n) is 10.3. The number of ether oxygens (including phenoxy) is 3. The minimum Gasteiger partial charge on any atom is -0.508 e. The van der Waals surface area contributed by atoms with Crippen molar-refractivity contribution in [2.45, 2.75) is 39.3 Å². The van der Waals surface area contributed by atoms with Crippen LogP contribution in [0.4, 0.5) is 0 Å². The second kappa shape index (κ2) is 12.4. The Morgan fingerprint density at radius 2 is 1.77 bits per heavy atom. The zero-order chi connectivity index (χ0) is 22.8. The molecule has 31 heavy (non-hydrogen) atoms. The number of carbonyl (C=O) groups is 1. The van der Waals surface area contributed by atoms with Crippen molar-refractivity contribution in [1.82, 2.24) is 5.32 Å². The lowest BCUT2D eigenvalue weighted by atomic mass is 10.0. The number of phenolic OH excluding ortho intramolecular Hbond substituents is 1. The van der Waals surface area contributed by atoms with Gasteiger partial charge in [0.1, 0.15) is 5.75 Å². The first kappa shape index (κ1) is 24.8. The minimum absolute atomic E-state index is 0.158. The van der Waals surface area contributed by atoms with Gasteiger partial charge >= 0.3 is 5.97 Å². The van der Waals surface area contributed by atoms with Crippen molar-refractivity contribution < 1.29 is 29.2 Å². The van der Waals surface area contributed by atoms with E-state index in [-0.39, 0.29) is 25.0 Å². The molecule has 2 rings (SSSR count). The summed E-state index contributed by atoms with van der Waals surface area (Å²) >= 11 is 6.41. The van der Waals surface area contributed by atoms with Crippen LogP contribution in [0.25, 0.3) is 0 Å². The minimum atomic E-state index is -0.714. The zero-order valence-electron chi connectivity index (χ0n) is 18.1. The van der Waals surface area contributed by atoms with E-state index in [1.165, 1.54) is 0 Å². The third-order valence-electron chi connectivity index (χ3n) is 4.63. The molecule has 170 valence electrons. The Morgan fingerprint density at radius 3 is 2.42 bits per heavy atom. The molecule has 2 aromatic rings. The average Bonchev–Trinajstić information content (AvgIpc) is 2.75. The van der Waals surface area contributed by atoms with Gasteiger partial charge in [-0.2, -0.15) is 0 Å². The van der Waals surface area contributed by atoms with Crippen LogP contribution in [0.1, 0.15) is 38.0 Å². The van der Waals surface area contributed by atoms with Crippen LogP contribution in [0.2, 0.25) is 5.02 Å². The Kier molecular flexibility index (Phi) is 9.91. The van der Waals surface area contributed by atoms with Gasteiger partial charge in [0.15, 0.2) is 18.1 Å². The number of nitrogens with one attached hydrogen (secondary N) is 1. The predicted octanol–water partition coefficient (Wildman–Crippen LogP) is 3.64. The van der Waals surface area contributed by atoms with E-state index in [0.29, 0.717) is 36.1 Å². The molecule has 8 heteroatoms. The molecule has 0 radical (unpaired) electrons. The van der Waals surface area contributed by atoms with Gasteiger partial charge in [-0.15, -0.1) is 0 Å². The van der Waals surface area contributed by atoms with Gasteiger partial charge in [-0.3, -0.25) is 0 Å². The van der Waals surface area contributed by atoms with Crippen LogP contribution in [-0.2, 0) is 16.0 Å². The molecule has 3 N–H and O–H groups in total. The number of aliphatic hydroxyl groups excluding tert-OH is 1. The molecule has 0 fully saturated rings. The van der Waals surface area contributed by atoms with E-state index in [1.54, 1.807) is 43.3 Å². The zero-order valence-corrected chi connectivity index (χ0v) is 18.8.